The maximum Gasteiger partial charge on any atom is 0.334 e. The van der Waals surface area contributed by atoms with Crippen molar-refractivity contribution in [3.8, 4) is 5.75 Å². The van der Waals surface area contributed by atoms with Gasteiger partial charge in [0.15, 0.2) is 0 Å². The van der Waals surface area contributed by atoms with Gasteiger partial charge in [0.25, 0.3) is 0 Å². The maximum absolute atomic E-state index is 14.4. The van der Waals surface area contributed by atoms with Crippen LogP contribution in [0, 0.1) is 17.6 Å². The quantitative estimate of drug-likeness (QED) is 0.639. The second-order valence-corrected chi connectivity index (χ2v) is 9.59. The van der Waals surface area contributed by atoms with Crippen molar-refractivity contribution in [2.45, 2.75) is 39.1 Å². The number of hydrogen-bond acceptors (Lipinski definition) is 5. The fraction of sp³-hybridized carbons (Fsp3) is 0.423. The monoisotopic (exact) mass is 515 g/mol. The summed E-state index contributed by atoms with van der Waals surface area (Å²) in [5.74, 6) is -1.64. The van der Waals surface area contributed by atoms with Crippen LogP contribution in [0.1, 0.15) is 25.0 Å². The second-order valence-electron chi connectivity index (χ2n) is 9.59. The van der Waals surface area contributed by atoms with Gasteiger partial charge in [-0.25, -0.2) is 23.6 Å². The number of nitrogens with one attached hydrogen (secondary N) is 1. The van der Waals surface area contributed by atoms with Crippen molar-refractivity contribution in [1.82, 2.24) is 25.1 Å². The fourth-order valence-corrected chi connectivity index (χ4v) is 4.86. The third kappa shape index (κ3) is 5.36. The number of methoxy groups -OCH3 is 1. The van der Waals surface area contributed by atoms with Gasteiger partial charge in [-0.3, -0.25) is 9.59 Å². The number of likely N-dealkylation sites (N-methyl/N-ethyl adjacent to an activating group) is 1. The van der Waals surface area contributed by atoms with Crippen molar-refractivity contribution in [2.24, 2.45) is 5.92 Å². The molecule has 0 spiro atoms. The summed E-state index contributed by atoms with van der Waals surface area (Å²) in [6.07, 6.45) is -0.796. The van der Waals surface area contributed by atoms with E-state index in [1.54, 1.807) is 26.3 Å². The SMILES string of the molecule is COc1ccc(CNC(=O)N2[C@H]3CN(Cc4ccc(F)cc4F)C(=O)[C@H](C(C)C)N3C(=O)CN2C)cc1. The van der Waals surface area contributed by atoms with Gasteiger partial charge in [0.1, 0.15) is 29.6 Å². The van der Waals surface area contributed by atoms with E-state index in [9.17, 15) is 23.2 Å². The summed E-state index contributed by atoms with van der Waals surface area (Å²) in [5.41, 5.74) is 1.01. The van der Waals surface area contributed by atoms with E-state index in [2.05, 4.69) is 5.32 Å². The van der Waals surface area contributed by atoms with Crippen molar-refractivity contribution in [3.05, 3.63) is 65.2 Å². The Balaban J connectivity index is 1.59. The van der Waals surface area contributed by atoms with Crippen LogP contribution in [0.2, 0.25) is 0 Å². The van der Waals surface area contributed by atoms with Crippen molar-refractivity contribution in [2.75, 3.05) is 27.2 Å². The van der Waals surface area contributed by atoms with Crippen LogP contribution >= 0.6 is 0 Å². The number of nitrogens with zero attached hydrogens (tertiary/aromatic N) is 4. The van der Waals surface area contributed by atoms with Gasteiger partial charge in [-0.15, -0.1) is 0 Å². The number of urea groups is 1. The Morgan fingerprint density at radius 2 is 1.84 bits per heavy atom. The lowest BCUT2D eigenvalue weighted by atomic mass is 9.96. The number of benzene rings is 2. The molecule has 2 aromatic carbocycles. The molecule has 1 N–H and O–H groups in total. The zero-order valence-corrected chi connectivity index (χ0v) is 21.3. The lowest BCUT2D eigenvalue weighted by molar-refractivity contribution is -0.190. The van der Waals surface area contributed by atoms with E-state index in [1.807, 2.05) is 26.0 Å². The summed E-state index contributed by atoms with van der Waals surface area (Å²) in [6, 6.07) is 9.19. The smallest absolute Gasteiger partial charge is 0.334 e. The molecule has 0 aromatic heterocycles. The van der Waals surface area contributed by atoms with Crippen LogP contribution in [-0.2, 0) is 22.7 Å². The predicted octanol–water partition coefficient (Wildman–Crippen LogP) is 2.57. The van der Waals surface area contributed by atoms with Gasteiger partial charge in [-0.2, -0.15) is 0 Å². The lowest BCUT2D eigenvalue weighted by Gasteiger charge is -2.55. The normalized spacial score (nSPS) is 20.4. The number of carbonyl (C=O) groups excluding carboxylic acids is 3. The number of halogens is 2. The Kier molecular flexibility index (Phi) is 7.63. The minimum Gasteiger partial charge on any atom is -0.497 e. The van der Waals surface area contributed by atoms with E-state index in [0.29, 0.717) is 5.75 Å². The summed E-state index contributed by atoms with van der Waals surface area (Å²) in [5, 5.41) is 5.84. The van der Waals surface area contributed by atoms with Gasteiger partial charge < -0.3 is 19.9 Å². The first kappa shape index (κ1) is 26.3. The number of rotatable bonds is 6. The topological polar surface area (TPSA) is 85.4 Å². The number of hydrogen-bond donors (Lipinski definition) is 1. The van der Waals surface area contributed by atoms with E-state index in [0.717, 1.165) is 17.7 Å². The summed E-state index contributed by atoms with van der Waals surface area (Å²) >= 11 is 0. The van der Waals surface area contributed by atoms with Crippen molar-refractivity contribution in [1.29, 1.82) is 0 Å². The summed E-state index contributed by atoms with van der Waals surface area (Å²) < 4.78 is 33.0. The molecule has 0 radical (unpaired) electrons. The molecule has 0 aliphatic carbocycles. The highest BCUT2D eigenvalue weighted by Crippen LogP contribution is 2.30. The first-order valence-electron chi connectivity index (χ1n) is 12.1. The Bertz CT molecular complexity index is 1180. The summed E-state index contributed by atoms with van der Waals surface area (Å²) in [7, 11) is 3.20. The van der Waals surface area contributed by atoms with Crippen LogP contribution in [0.3, 0.4) is 0 Å². The lowest BCUT2D eigenvalue weighted by Crippen LogP contribution is -2.76. The Morgan fingerprint density at radius 3 is 2.46 bits per heavy atom. The molecule has 37 heavy (non-hydrogen) atoms. The molecule has 2 aliphatic rings. The highest BCUT2D eigenvalue weighted by atomic mass is 19.1. The van der Waals surface area contributed by atoms with Crippen LogP contribution in [-0.4, -0.2) is 77.1 Å². The molecule has 0 saturated carbocycles. The van der Waals surface area contributed by atoms with Crippen LogP contribution < -0.4 is 10.1 Å². The number of amides is 4. The zero-order chi connectivity index (χ0) is 26.9. The fourth-order valence-electron chi connectivity index (χ4n) is 4.86. The molecule has 4 amide bonds. The highest BCUT2D eigenvalue weighted by Gasteiger charge is 2.51. The van der Waals surface area contributed by atoms with Gasteiger partial charge >= 0.3 is 6.03 Å². The van der Waals surface area contributed by atoms with Crippen LogP contribution in [0.5, 0.6) is 5.75 Å². The Morgan fingerprint density at radius 1 is 1.14 bits per heavy atom. The minimum absolute atomic E-state index is 0.0229. The summed E-state index contributed by atoms with van der Waals surface area (Å²) in [6.45, 7) is 3.67. The molecule has 198 valence electrons. The molecule has 2 fully saturated rings. The minimum atomic E-state index is -0.833. The van der Waals surface area contributed by atoms with Crippen LogP contribution in [0.25, 0.3) is 0 Å². The molecule has 2 aliphatic heterocycles. The zero-order valence-electron chi connectivity index (χ0n) is 21.3. The highest BCUT2D eigenvalue weighted by molar-refractivity contribution is 5.91. The molecule has 11 heteroatoms. The number of piperazine rings is 1. The van der Waals surface area contributed by atoms with Gasteiger partial charge in [-0.05, 0) is 29.7 Å². The van der Waals surface area contributed by atoms with Crippen LogP contribution in [0.15, 0.2) is 42.5 Å². The molecule has 2 saturated heterocycles. The molecular weight excluding hydrogens is 484 g/mol. The number of fused-ring (bicyclic) bond motifs is 1. The molecule has 9 nitrogen and oxygen atoms in total. The van der Waals surface area contributed by atoms with E-state index in [1.165, 1.54) is 25.9 Å². The van der Waals surface area contributed by atoms with Crippen molar-refractivity contribution >= 4 is 17.8 Å². The maximum atomic E-state index is 14.4. The van der Waals surface area contributed by atoms with Gasteiger partial charge in [0, 0.05) is 31.8 Å². The van der Waals surface area contributed by atoms with Gasteiger partial charge in [0.05, 0.1) is 20.2 Å². The average Bonchev–Trinajstić information content (AvgIpc) is 2.85. The second kappa shape index (κ2) is 10.7. The predicted molar refractivity (Wildman–Crippen MR) is 131 cm³/mol. The van der Waals surface area contributed by atoms with Crippen molar-refractivity contribution in [3.63, 3.8) is 0 Å². The molecule has 2 atom stereocenters. The van der Waals surface area contributed by atoms with Crippen LogP contribution in [0.4, 0.5) is 13.6 Å². The third-order valence-corrected chi connectivity index (χ3v) is 6.69. The molecule has 0 unspecified atom stereocenters. The molecule has 2 heterocycles. The largest absolute Gasteiger partial charge is 0.497 e. The molecule has 2 aromatic rings. The number of carbonyl (C=O) groups is 3. The molecule has 0 bridgehead atoms. The number of ether oxygens (including phenoxy) is 1. The summed E-state index contributed by atoms with van der Waals surface area (Å²) in [4.78, 5) is 42.9. The third-order valence-electron chi connectivity index (χ3n) is 6.69. The molecular formula is C26H31F2N5O4. The Hall–Kier alpha value is -3.73. The van der Waals surface area contributed by atoms with Gasteiger partial charge in [0.2, 0.25) is 11.8 Å². The van der Waals surface area contributed by atoms with Crippen molar-refractivity contribution < 1.29 is 27.9 Å². The van der Waals surface area contributed by atoms with Gasteiger partial charge in [-0.1, -0.05) is 32.0 Å². The standard InChI is InChI=1S/C26H31F2N5O4/c1-16(2)24-25(35)31(13-18-7-8-19(27)11-21(18)28)14-22-32(24)23(34)15-30(3)33(22)26(36)29-12-17-5-9-20(37-4)10-6-17/h5-11,16,22,24H,12-15H2,1-4H3,(H,29,36)/t22-,24-/m0/s1. The van der Waals surface area contributed by atoms with E-state index >= 15 is 0 Å². The average molecular weight is 516 g/mol. The Labute approximate surface area is 214 Å². The van der Waals surface area contributed by atoms with E-state index in [-0.39, 0.29) is 49.5 Å². The number of hydrazine groups is 1. The van der Waals surface area contributed by atoms with E-state index < -0.39 is 29.9 Å². The molecule has 4 rings (SSSR count). The van der Waals surface area contributed by atoms with E-state index in [4.69, 9.17) is 4.74 Å². The first-order chi connectivity index (χ1) is 17.6. The first-order valence-corrected chi connectivity index (χ1v) is 12.1.